The number of nitrogens with zero attached hydrogens (tertiary/aromatic N) is 3. The molecule has 0 aliphatic carbocycles. The van der Waals surface area contributed by atoms with E-state index in [2.05, 4.69) is 5.32 Å². The van der Waals surface area contributed by atoms with Crippen LogP contribution in [0.3, 0.4) is 0 Å². The minimum absolute atomic E-state index is 0.0298. The van der Waals surface area contributed by atoms with Crippen molar-refractivity contribution in [3.05, 3.63) is 64.1 Å². The Morgan fingerprint density at radius 2 is 1.71 bits per heavy atom. The van der Waals surface area contributed by atoms with Gasteiger partial charge in [0.2, 0.25) is 15.9 Å². The molecule has 3 aromatic rings. The third-order valence-corrected chi connectivity index (χ3v) is 7.79. The zero-order chi connectivity index (χ0) is 24.5. The van der Waals surface area contributed by atoms with Gasteiger partial charge in [-0.3, -0.25) is 14.2 Å². The maximum atomic E-state index is 13.1. The first kappa shape index (κ1) is 23.7. The highest BCUT2D eigenvalue weighted by atomic mass is 32.2. The molecule has 1 saturated heterocycles. The van der Waals surface area contributed by atoms with Gasteiger partial charge >= 0.3 is 5.76 Å². The summed E-state index contributed by atoms with van der Waals surface area (Å²) in [4.78, 5) is 38.2. The van der Waals surface area contributed by atoms with Crippen LogP contribution in [-0.2, 0) is 21.4 Å². The molecular weight excluding hydrogens is 460 g/mol. The zero-order valence-corrected chi connectivity index (χ0v) is 19.8. The van der Waals surface area contributed by atoms with Crippen molar-refractivity contribution in [2.24, 2.45) is 0 Å². The van der Waals surface area contributed by atoms with Gasteiger partial charge in [0.25, 0.3) is 5.91 Å². The lowest BCUT2D eigenvalue weighted by atomic mass is 10.1. The number of carbonyl (C=O) groups is 2. The summed E-state index contributed by atoms with van der Waals surface area (Å²) in [7, 11) is -3.82. The van der Waals surface area contributed by atoms with Crippen molar-refractivity contribution in [3.63, 3.8) is 0 Å². The zero-order valence-electron chi connectivity index (χ0n) is 19.0. The third kappa shape index (κ3) is 4.62. The van der Waals surface area contributed by atoms with Crippen LogP contribution >= 0.6 is 0 Å². The second-order valence-corrected chi connectivity index (χ2v) is 10.0. The van der Waals surface area contributed by atoms with E-state index in [1.807, 2.05) is 19.1 Å². The molecule has 0 bridgehead atoms. The lowest BCUT2D eigenvalue weighted by molar-refractivity contribution is -0.131. The van der Waals surface area contributed by atoms with Crippen LogP contribution < -0.4 is 11.1 Å². The fourth-order valence-electron chi connectivity index (χ4n) is 3.91. The normalized spacial score (nSPS) is 14.9. The van der Waals surface area contributed by atoms with Crippen LogP contribution in [0.25, 0.3) is 11.1 Å². The van der Waals surface area contributed by atoms with E-state index in [0.29, 0.717) is 17.6 Å². The summed E-state index contributed by atoms with van der Waals surface area (Å²) in [6.45, 7) is 4.64. The lowest BCUT2D eigenvalue weighted by Crippen LogP contribution is -2.52. The number of oxazole rings is 1. The molecular formula is C23H26N4O6S. The van der Waals surface area contributed by atoms with Crippen LogP contribution in [-0.4, -0.2) is 66.7 Å². The van der Waals surface area contributed by atoms with Gasteiger partial charge in [-0.2, -0.15) is 4.31 Å². The van der Waals surface area contributed by atoms with E-state index in [-0.39, 0.29) is 55.0 Å². The molecule has 1 aliphatic heterocycles. The Morgan fingerprint density at radius 1 is 1.03 bits per heavy atom. The number of carbonyl (C=O) groups excluding carboxylic acids is 2. The molecule has 0 atom stereocenters. The number of piperazine rings is 1. The van der Waals surface area contributed by atoms with Gasteiger partial charge in [0, 0.05) is 44.4 Å². The molecule has 2 amide bonds. The second-order valence-electron chi connectivity index (χ2n) is 8.08. The highest BCUT2D eigenvalue weighted by Gasteiger charge is 2.30. The van der Waals surface area contributed by atoms with Crippen LogP contribution in [0, 0.1) is 6.92 Å². The minimum Gasteiger partial charge on any atom is -0.408 e. The Morgan fingerprint density at radius 3 is 2.35 bits per heavy atom. The largest absolute Gasteiger partial charge is 0.419 e. The predicted octanol–water partition coefficient (Wildman–Crippen LogP) is 1.19. The van der Waals surface area contributed by atoms with Gasteiger partial charge in [-0.1, -0.05) is 17.7 Å². The quantitative estimate of drug-likeness (QED) is 0.559. The monoisotopic (exact) mass is 486 g/mol. The van der Waals surface area contributed by atoms with Crippen molar-refractivity contribution in [1.82, 2.24) is 19.1 Å². The first-order valence-corrected chi connectivity index (χ1v) is 12.4. The summed E-state index contributed by atoms with van der Waals surface area (Å²) >= 11 is 0. The molecule has 11 heteroatoms. The van der Waals surface area contributed by atoms with Gasteiger partial charge in [-0.15, -0.1) is 0 Å². The molecule has 4 rings (SSSR count). The van der Waals surface area contributed by atoms with Crippen molar-refractivity contribution < 1.29 is 22.4 Å². The number of rotatable bonds is 6. The summed E-state index contributed by atoms with van der Waals surface area (Å²) in [6, 6.07) is 11.4. The number of nitrogens with one attached hydrogen (secondary N) is 1. The van der Waals surface area contributed by atoms with Crippen molar-refractivity contribution >= 4 is 32.9 Å². The van der Waals surface area contributed by atoms with Gasteiger partial charge in [0.1, 0.15) is 0 Å². The molecule has 2 heterocycles. The molecule has 0 radical (unpaired) electrons. The summed E-state index contributed by atoms with van der Waals surface area (Å²) in [5, 5.41) is 2.61. The Kier molecular flexibility index (Phi) is 6.58. The van der Waals surface area contributed by atoms with E-state index in [1.54, 1.807) is 25.1 Å². The molecule has 0 saturated carbocycles. The summed E-state index contributed by atoms with van der Waals surface area (Å²) in [5.41, 5.74) is 2.25. The maximum absolute atomic E-state index is 13.1. The Balaban J connectivity index is 1.36. The molecule has 180 valence electrons. The lowest BCUT2D eigenvalue weighted by Gasteiger charge is -2.34. The van der Waals surface area contributed by atoms with Crippen LogP contribution in [0.2, 0.25) is 0 Å². The van der Waals surface area contributed by atoms with E-state index >= 15 is 0 Å². The minimum atomic E-state index is -3.82. The summed E-state index contributed by atoms with van der Waals surface area (Å²) in [5.74, 6) is -1.15. The third-order valence-electron chi connectivity index (χ3n) is 5.90. The van der Waals surface area contributed by atoms with Crippen LogP contribution in [0.15, 0.2) is 56.6 Å². The molecule has 1 aliphatic rings. The van der Waals surface area contributed by atoms with E-state index in [0.717, 1.165) is 5.56 Å². The van der Waals surface area contributed by atoms with E-state index < -0.39 is 15.8 Å². The fourth-order valence-corrected chi connectivity index (χ4v) is 5.35. The van der Waals surface area contributed by atoms with E-state index in [4.69, 9.17) is 4.42 Å². The van der Waals surface area contributed by atoms with Crippen LogP contribution in [0.5, 0.6) is 0 Å². The number of sulfonamides is 1. The fraction of sp³-hybridized carbons (Fsp3) is 0.348. The number of benzene rings is 2. The highest BCUT2D eigenvalue weighted by molar-refractivity contribution is 7.89. The van der Waals surface area contributed by atoms with E-state index in [1.165, 1.54) is 25.9 Å². The van der Waals surface area contributed by atoms with Gasteiger partial charge in [0.15, 0.2) is 5.58 Å². The van der Waals surface area contributed by atoms with Gasteiger partial charge in [-0.25, -0.2) is 13.2 Å². The predicted molar refractivity (Wildman–Crippen MR) is 125 cm³/mol. The maximum Gasteiger partial charge on any atom is 0.419 e. The number of amides is 2. The number of aryl methyl sites for hydroxylation is 2. The number of hydrogen-bond donors (Lipinski definition) is 1. The molecule has 34 heavy (non-hydrogen) atoms. The molecule has 0 spiro atoms. The summed E-state index contributed by atoms with van der Waals surface area (Å²) < 4.78 is 34.1. The molecule has 1 aromatic heterocycles. The molecule has 1 fully saturated rings. The van der Waals surface area contributed by atoms with Gasteiger partial charge in [0.05, 0.1) is 17.0 Å². The van der Waals surface area contributed by atoms with Crippen LogP contribution in [0.4, 0.5) is 0 Å². The Bertz CT molecular complexity index is 1380. The van der Waals surface area contributed by atoms with Gasteiger partial charge < -0.3 is 14.6 Å². The van der Waals surface area contributed by atoms with E-state index in [9.17, 15) is 22.8 Å². The average molecular weight is 487 g/mol. The average Bonchev–Trinajstić information content (AvgIpc) is 3.16. The first-order valence-electron chi connectivity index (χ1n) is 11.0. The smallest absolute Gasteiger partial charge is 0.408 e. The number of aromatic nitrogens is 1. The first-order chi connectivity index (χ1) is 16.2. The topological polar surface area (TPSA) is 122 Å². The van der Waals surface area contributed by atoms with Crippen molar-refractivity contribution in [2.75, 3.05) is 32.7 Å². The van der Waals surface area contributed by atoms with Crippen molar-refractivity contribution in [2.45, 2.75) is 25.3 Å². The SMILES string of the molecule is CCn1c(=O)oc2cc(S(=O)(=O)N3CCN(C(=O)CNC(=O)c4ccc(C)cc4)CC3)ccc21. The number of fused-ring (bicyclic) bond motifs is 1. The second kappa shape index (κ2) is 9.43. The number of hydrogen-bond acceptors (Lipinski definition) is 6. The van der Waals surface area contributed by atoms with Crippen LogP contribution in [0.1, 0.15) is 22.8 Å². The molecule has 2 aromatic carbocycles. The van der Waals surface area contributed by atoms with Crippen molar-refractivity contribution in [1.29, 1.82) is 0 Å². The Hall–Kier alpha value is -3.44. The van der Waals surface area contributed by atoms with Crippen molar-refractivity contribution in [3.8, 4) is 0 Å². The molecule has 10 nitrogen and oxygen atoms in total. The standard InChI is InChI=1S/C23H26N4O6S/c1-3-27-19-9-8-18(14-20(19)33-23(27)30)34(31,32)26-12-10-25(11-13-26)21(28)15-24-22(29)17-6-4-16(2)5-7-17/h4-9,14H,3,10-13,15H2,1-2H3,(H,24,29). The molecule has 0 unspecified atom stereocenters. The highest BCUT2D eigenvalue weighted by Crippen LogP contribution is 2.22. The summed E-state index contributed by atoms with van der Waals surface area (Å²) in [6.07, 6.45) is 0. The van der Waals surface area contributed by atoms with Gasteiger partial charge in [-0.05, 0) is 38.1 Å². The molecule has 1 N–H and O–H groups in total. The Labute approximate surface area is 196 Å².